The van der Waals surface area contributed by atoms with E-state index in [0.717, 1.165) is 34.9 Å². The third-order valence-electron chi connectivity index (χ3n) is 5.40. The van der Waals surface area contributed by atoms with Crippen molar-refractivity contribution in [3.63, 3.8) is 0 Å². The fraction of sp³-hybridized carbons (Fsp3) is 0.440. The van der Waals surface area contributed by atoms with Crippen molar-refractivity contribution in [3.05, 3.63) is 51.5 Å². The van der Waals surface area contributed by atoms with Gasteiger partial charge in [0.25, 0.3) is 5.91 Å². The Morgan fingerprint density at radius 3 is 2.48 bits per heavy atom. The number of amides is 1. The fourth-order valence-electron chi connectivity index (χ4n) is 3.77. The highest BCUT2D eigenvalue weighted by Gasteiger charge is 2.26. The normalized spacial score (nSPS) is 18.1. The summed E-state index contributed by atoms with van der Waals surface area (Å²) in [5, 5.41) is 2.87. The maximum absolute atomic E-state index is 12.5. The summed E-state index contributed by atoms with van der Waals surface area (Å²) >= 11 is 9.36. The number of rotatable bonds is 7. The summed E-state index contributed by atoms with van der Waals surface area (Å²) < 4.78 is 18.2. The van der Waals surface area contributed by atoms with Crippen molar-refractivity contribution < 1.29 is 19.0 Å². The lowest BCUT2D eigenvalue weighted by Crippen LogP contribution is -2.47. The minimum Gasteiger partial charge on any atom is -0.490 e. The van der Waals surface area contributed by atoms with Gasteiger partial charge in [-0.2, -0.15) is 0 Å². The van der Waals surface area contributed by atoms with Crippen LogP contribution >= 0.6 is 28.1 Å². The number of carbonyl (C=O) groups excluding carboxylic acids is 1. The zero-order valence-electron chi connectivity index (χ0n) is 19.7. The molecule has 0 unspecified atom stereocenters. The summed E-state index contributed by atoms with van der Waals surface area (Å²) in [7, 11) is 0. The van der Waals surface area contributed by atoms with Gasteiger partial charge in [0.05, 0.1) is 23.3 Å². The Hall–Kier alpha value is -2.16. The van der Waals surface area contributed by atoms with E-state index in [9.17, 15) is 4.79 Å². The van der Waals surface area contributed by atoms with E-state index in [4.69, 9.17) is 26.4 Å². The number of aryl methyl sites for hydroxylation is 2. The smallest absolute Gasteiger partial charge is 0.262 e. The minimum absolute atomic E-state index is 0.111. The van der Waals surface area contributed by atoms with E-state index in [0.29, 0.717) is 22.6 Å². The zero-order chi connectivity index (χ0) is 24.1. The number of halogens is 1. The first-order valence-electron chi connectivity index (χ1n) is 11.1. The molecule has 1 saturated heterocycles. The van der Waals surface area contributed by atoms with Crippen molar-refractivity contribution in [1.82, 2.24) is 4.90 Å². The number of ether oxygens (including phenoxy) is 3. The molecule has 0 radical (unpaired) electrons. The molecule has 0 bridgehead atoms. The molecule has 33 heavy (non-hydrogen) atoms. The lowest BCUT2D eigenvalue weighted by molar-refractivity contribution is -0.118. The number of thiocarbonyl (C=S) groups is 1. The van der Waals surface area contributed by atoms with Crippen molar-refractivity contribution in [2.24, 2.45) is 0 Å². The van der Waals surface area contributed by atoms with E-state index in [-0.39, 0.29) is 24.7 Å². The van der Waals surface area contributed by atoms with Crippen molar-refractivity contribution in [1.29, 1.82) is 0 Å². The van der Waals surface area contributed by atoms with Gasteiger partial charge in [-0.05, 0) is 85.9 Å². The summed E-state index contributed by atoms with van der Waals surface area (Å²) in [4.78, 5) is 15.4. The van der Waals surface area contributed by atoms with Gasteiger partial charge in [-0.25, -0.2) is 0 Å². The summed E-state index contributed by atoms with van der Waals surface area (Å²) in [6.07, 6.45) is 0.222. The standard InChI is InChI=1S/C25H31BrN2O4S/c1-6-30-22-11-19(25(33)28-12-17(4)32-18(5)13-28)10-21(26)24(22)31-14-23(29)27-20-8-7-15(2)16(3)9-20/h7-11,17-18H,6,12-14H2,1-5H3,(H,27,29)/t17-,18+. The molecule has 1 aliphatic rings. The molecular weight excluding hydrogens is 504 g/mol. The average molecular weight is 536 g/mol. The van der Waals surface area contributed by atoms with Crippen LogP contribution in [0.15, 0.2) is 34.8 Å². The largest absolute Gasteiger partial charge is 0.490 e. The monoisotopic (exact) mass is 534 g/mol. The van der Waals surface area contributed by atoms with E-state index in [1.165, 1.54) is 5.56 Å². The number of hydrogen-bond donors (Lipinski definition) is 1. The first kappa shape index (κ1) is 25.5. The van der Waals surface area contributed by atoms with Crippen molar-refractivity contribution in [3.8, 4) is 11.5 Å². The summed E-state index contributed by atoms with van der Waals surface area (Å²) in [6.45, 7) is 11.8. The molecule has 1 heterocycles. The van der Waals surface area contributed by atoms with Crippen LogP contribution in [0.1, 0.15) is 37.5 Å². The number of anilines is 1. The van der Waals surface area contributed by atoms with Crippen LogP contribution in [-0.2, 0) is 9.53 Å². The highest BCUT2D eigenvalue weighted by atomic mass is 79.9. The van der Waals surface area contributed by atoms with Crippen molar-refractivity contribution in [2.75, 3.05) is 31.6 Å². The maximum atomic E-state index is 12.5. The quantitative estimate of drug-likeness (QED) is 0.488. The van der Waals surface area contributed by atoms with Gasteiger partial charge in [-0.15, -0.1) is 0 Å². The molecule has 3 rings (SSSR count). The van der Waals surface area contributed by atoms with Crippen LogP contribution < -0.4 is 14.8 Å². The lowest BCUT2D eigenvalue weighted by Gasteiger charge is -2.37. The summed E-state index contributed by atoms with van der Waals surface area (Å²) in [6, 6.07) is 9.58. The van der Waals surface area contributed by atoms with Gasteiger partial charge in [-0.1, -0.05) is 18.3 Å². The molecule has 1 N–H and O–H groups in total. The van der Waals surface area contributed by atoms with Crippen LogP contribution in [0.5, 0.6) is 11.5 Å². The highest BCUT2D eigenvalue weighted by Crippen LogP contribution is 2.37. The topological polar surface area (TPSA) is 60.0 Å². The van der Waals surface area contributed by atoms with E-state index < -0.39 is 0 Å². The molecule has 0 aliphatic carbocycles. The number of hydrogen-bond acceptors (Lipinski definition) is 5. The second-order valence-electron chi connectivity index (χ2n) is 8.32. The number of carbonyl (C=O) groups is 1. The Morgan fingerprint density at radius 2 is 1.85 bits per heavy atom. The van der Waals surface area contributed by atoms with Gasteiger partial charge in [0.2, 0.25) is 0 Å². The molecule has 6 nitrogen and oxygen atoms in total. The Labute approximate surface area is 209 Å². The van der Waals surface area contributed by atoms with Crippen LogP contribution in [0.2, 0.25) is 0 Å². The second kappa shape index (κ2) is 11.3. The molecule has 1 fully saturated rings. The molecule has 1 amide bonds. The van der Waals surface area contributed by atoms with E-state index in [1.807, 2.05) is 65.0 Å². The molecule has 178 valence electrons. The van der Waals surface area contributed by atoms with Crippen LogP contribution in [-0.4, -0.2) is 54.3 Å². The third kappa shape index (κ3) is 6.68. The third-order valence-corrected chi connectivity index (χ3v) is 6.48. The molecule has 2 aromatic rings. The fourth-order valence-corrected chi connectivity index (χ4v) is 4.60. The summed E-state index contributed by atoms with van der Waals surface area (Å²) in [5.41, 5.74) is 3.89. The molecule has 2 atom stereocenters. The molecule has 8 heteroatoms. The lowest BCUT2D eigenvalue weighted by atomic mass is 10.1. The van der Waals surface area contributed by atoms with Gasteiger partial charge in [-0.3, -0.25) is 4.79 Å². The molecule has 1 aliphatic heterocycles. The number of nitrogens with one attached hydrogen (secondary N) is 1. The first-order chi connectivity index (χ1) is 15.7. The van der Waals surface area contributed by atoms with Crippen molar-refractivity contribution >= 4 is 44.7 Å². The molecule has 2 aromatic carbocycles. The number of nitrogens with zero attached hydrogens (tertiary/aromatic N) is 1. The predicted molar refractivity (Wildman–Crippen MR) is 139 cm³/mol. The molecular formula is C25H31BrN2O4S. The van der Waals surface area contributed by atoms with Crippen molar-refractivity contribution in [2.45, 2.75) is 46.8 Å². The Morgan fingerprint density at radius 1 is 1.15 bits per heavy atom. The van der Waals surface area contributed by atoms with E-state index in [1.54, 1.807) is 0 Å². The minimum atomic E-state index is -0.247. The van der Waals surface area contributed by atoms with E-state index >= 15 is 0 Å². The molecule has 0 saturated carbocycles. The Kier molecular flexibility index (Phi) is 8.73. The summed E-state index contributed by atoms with van der Waals surface area (Å²) in [5.74, 6) is 0.767. The van der Waals surface area contributed by atoms with Gasteiger partial charge >= 0.3 is 0 Å². The first-order valence-corrected chi connectivity index (χ1v) is 12.3. The van der Waals surface area contributed by atoms with Crippen LogP contribution in [0.25, 0.3) is 0 Å². The second-order valence-corrected chi connectivity index (χ2v) is 9.56. The van der Waals surface area contributed by atoms with Gasteiger partial charge in [0.15, 0.2) is 18.1 Å². The number of benzene rings is 2. The van der Waals surface area contributed by atoms with Gasteiger partial charge in [0.1, 0.15) is 4.99 Å². The SMILES string of the molecule is CCOc1cc(C(=S)N2C[C@@H](C)O[C@@H](C)C2)cc(Br)c1OCC(=O)Nc1ccc(C)c(C)c1. The Bertz CT molecular complexity index is 1020. The highest BCUT2D eigenvalue weighted by molar-refractivity contribution is 9.10. The maximum Gasteiger partial charge on any atom is 0.262 e. The van der Waals surface area contributed by atoms with Crippen LogP contribution in [0, 0.1) is 13.8 Å². The Balaban J connectivity index is 1.73. The van der Waals surface area contributed by atoms with Gasteiger partial charge in [0, 0.05) is 24.3 Å². The predicted octanol–water partition coefficient (Wildman–Crippen LogP) is 5.27. The zero-order valence-corrected chi connectivity index (χ0v) is 22.1. The van der Waals surface area contributed by atoms with Gasteiger partial charge < -0.3 is 24.4 Å². The van der Waals surface area contributed by atoms with E-state index in [2.05, 4.69) is 26.1 Å². The molecule has 0 spiro atoms. The number of morpholine rings is 1. The molecule has 0 aromatic heterocycles. The van der Waals surface area contributed by atoms with Crippen LogP contribution in [0.3, 0.4) is 0 Å². The van der Waals surface area contributed by atoms with Crippen LogP contribution in [0.4, 0.5) is 5.69 Å². The average Bonchev–Trinajstić information content (AvgIpc) is 2.74.